The van der Waals surface area contributed by atoms with Crippen LogP contribution in [0.3, 0.4) is 0 Å². The van der Waals surface area contributed by atoms with E-state index >= 15 is 0 Å². The maximum Gasteiger partial charge on any atom is 0.259 e. The minimum Gasteiger partial charge on any atom is -0.306 e. The molecule has 0 aliphatic rings. The van der Waals surface area contributed by atoms with Crippen LogP contribution in [0.4, 0.5) is 0 Å². The molecule has 0 amide bonds. The molecule has 0 atom stereocenters. The number of nitrogens with one attached hydrogen (secondary N) is 1. The molecular weight excluding hydrogens is 416 g/mol. The SMILES string of the molecule is O=c1[nH]c2nc(-c3ccccc3)c(-c3ccc4ncccc4c3)cc2cc1-c1nccs1. The van der Waals surface area contributed by atoms with E-state index in [-0.39, 0.29) is 5.56 Å². The molecule has 6 heteroatoms. The second kappa shape index (κ2) is 7.51. The van der Waals surface area contributed by atoms with Gasteiger partial charge in [0.25, 0.3) is 5.56 Å². The summed E-state index contributed by atoms with van der Waals surface area (Å²) in [5, 5.41) is 4.48. The van der Waals surface area contributed by atoms with Gasteiger partial charge in [0.2, 0.25) is 0 Å². The number of thiazole rings is 1. The molecule has 152 valence electrons. The van der Waals surface area contributed by atoms with Crippen LogP contribution in [-0.2, 0) is 0 Å². The average molecular weight is 433 g/mol. The van der Waals surface area contributed by atoms with Gasteiger partial charge in [-0.3, -0.25) is 9.78 Å². The molecule has 32 heavy (non-hydrogen) atoms. The zero-order valence-corrected chi connectivity index (χ0v) is 17.6. The van der Waals surface area contributed by atoms with Crippen molar-refractivity contribution in [3.8, 4) is 33.0 Å². The Hall–Kier alpha value is -4.16. The van der Waals surface area contributed by atoms with Gasteiger partial charge in [-0.05, 0) is 35.9 Å². The van der Waals surface area contributed by atoms with Crippen molar-refractivity contribution in [2.75, 3.05) is 0 Å². The summed E-state index contributed by atoms with van der Waals surface area (Å²) in [4.78, 5) is 29.3. The number of hydrogen-bond acceptors (Lipinski definition) is 5. The van der Waals surface area contributed by atoms with Crippen LogP contribution in [0.25, 0.3) is 54.9 Å². The molecule has 0 aliphatic heterocycles. The Kier molecular flexibility index (Phi) is 4.37. The quantitative estimate of drug-likeness (QED) is 0.376. The molecule has 4 aromatic heterocycles. The van der Waals surface area contributed by atoms with Crippen LogP contribution in [0.1, 0.15) is 0 Å². The molecule has 0 saturated heterocycles. The van der Waals surface area contributed by atoms with Crippen molar-refractivity contribution in [1.82, 2.24) is 19.9 Å². The predicted octanol–water partition coefficient (Wildman–Crippen LogP) is 5.93. The third-order valence-electron chi connectivity index (χ3n) is 5.45. The van der Waals surface area contributed by atoms with Crippen molar-refractivity contribution in [3.05, 3.63) is 101 Å². The van der Waals surface area contributed by atoms with Gasteiger partial charge in [-0.15, -0.1) is 11.3 Å². The van der Waals surface area contributed by atoms with E-state index in [0.29, 0.717) is 16.2 Å². The molecular formula is C26H16N4OS. The molecule has 2 aromatic carbocycles. The van der Waals surface area contributed by atoms with Crippen LogP contribution in [0.5, 0.6) is 0 Å². The summed E-state index contributed by atoms with van der Waals surface area (Å²) in [7, 11) is 0. The molecule has 1 N–H and O–H groups in total. The van der Waals surface area contributed by atoms with Gasteiger partial charge in [0, 0.05) is 39.7 Å². The first-order valence-corrected chi connectivity index (χ1v) is 11.0. The number of rotatable bonds is 3. The predicted molar refractivity (Wildman–Crippen MR) is 130 cm³/mol. The maximum absolute atomic E-state index is 12.7. The van der Waals surface area contributed by atoms with Gasteiger partial charge in [0.05, 0.1) is 16.8 Å². The normalized spacial score (nSPS) is 11.2. The molecule has 0 unspecified atom stereocenters. The van der Waals surface area contributed by atoms with Gasteiger partial charge < -0.3 is 4.98 Å². The van der Waals surface area contributed by atoms with Gasteiger partial charge in [-0.1, -0.05) is 42.5 Å². The highest BCUT2D eigenvalue weighted by molar-refractivity contribution is 7.13. The van der Waals surface area contributed by atoms with Crippen LogP contribution in [0, 0.1) is 0 Å². The number of fused-ring (bicyclic) bond motifs is 2. The van der Waals surface area contributed by atoms with Crippen LogP contribution < -0.4 is 5.56 Å². The molecule has 6 rings (SSSR count). The van der Waals surface area contributed by atoms with Crippen LogP contribution >= 0.6 is 11.3 Å². The van der Waals surface area contributed by atoms with Crippen molar-refractivity contribution < 1.29 is 0 Å². The fourth-order valence-corrected chi connectivity index (χ4v) is 4.58. The molecule has 0 saturated carbocycles. The average Bonchev–Trinajstić information content (AvgIpc) is 3.38. The summed E-state index contributed by atoms with van der Waals surface area (Å²) in [5.41, 5.74) is 5.70. The van der Waals surface area contributed by atoms with Crippen molar-refractivity contribution in [2.45, 2.75) is 0 Å². The number of aromatic amines is 1. The van der Waals surface area contributed by atoms with Gasteiger partial charge in [-0.25, -0.2) is 9.97 Å². The minimum atomic E-state index is -0.191. The number of nitrogens with zero attached hydrogens (tertiary/aromatic N) is 3. The van der Waals surface area contributed by atoms with E-state index < -0.39 is 0 Å². The van der Waals surface area contributed by atoms with E-state index in [9.17, 15) is 4.79 Å². The molecule has 0 fully saturated rings. The standard InChI is InChI=1S/C26H16N4OS/c31-25-21(26-28-11-12-32-26)15-19-14-20(17-8-9-22-18(13-17)7-4-10-27-22)23(29-24(19)30-25)16-5-2-1-3-6-16/h1-15H,(H,29,30,31). The highest BCUT2D eigenvalue weighted by Gasteiger charge is 2.15. The molecule has 0 bridgehead atoms. The van der Waals surface area contributed by atoms with E-state index in [4.69, 9.17) is 4.98 Å². The van der Waals surface area contributed by atoms with Crippen molar-refractivity contribution in [2.24, 2.45) is 0 Å². The highest BCUT2D eigenvalue weighted by atomic mass is 32.1. The van der Waals surface area contributed by atoms with Gasteiger partial charge >= 0.3 is 0 Å². The smallest absolute Gasteiger partial charge is 0.259 e. The van der Waals surface area contributed by atoms with E-state index in [1.165, 1.54) is 11.3 Å². The monoisotopic (exact) mass is 432 g/mol. The summed E-state index contributed by atoms with van der Waals surface area (Å²) in [6, 6.07) is 24.2. The Morgan fingerprint density at radius 1 is 0.750 bits per heavy atom. The number of H-pyrrole nitrogens is 1. The molecule has 4 heterocycles. The second-order valence-corrected chi connectivity index (χ2v) is 8.34. The summed E-state index contributed by atoms with van der Waals surface area (Å²) < 4.78 is 0. The summed E-state index contributed by atoms with van der Waals surface area (Å²) >= 11 is 1.44. The Morgan fingerprint density at radius 3 is 2.47 bits per heavy atom. The summed E-state index contributed by atoms with van der Waals surface area (Å²) in [6.45, 7) is 0. The third kappa shape index (κ3) is 3.18. The van der Waals surface area contributed by atoms with E-state index in [1.807, 2.05) is 53.9 Å². The van der Waals surface area contributed by atoms with Crippen LogP contribution in [0.2, 0.25) is 0 Å². The highest BCUT2D eigenvalue weighted by Crippen LogP contribution is 2.34. The van der Waals surface area contributed by atoms with Crippen LogP contribution in [-0.4, -0.2) is 19.9 Å². The van der Waals surface area contributed by atoms with Gasteiger partial charge in [-0.2, -0.15) is 0 Å². The largest absolute Gasteiger partial charge is 0.306 e. The Balaban J connectivity index is 1.65. The first-order chi connectivity index (χ1) is 15.8. The first kappa shape index (κ1) is 18.6. The van der Waals surface area contributed by atoms with Crippen molar-refractivity contribution >= 4 is 33.3 Å². The number of benzene rings is 2. The van der Waals surface area contributed by atoms with E-state index in [1.54, 1.807) is 12.4 Å². The summed E-state index contributed by atoms with van der Waals surface area (Å²) in [6.07, 6.45) is 3.50. The van der Waals surface area contributed by atoms with Crippen molar-refractivity contribution in [1.29, 1.82) is 0 Å². The summed E-state index contributed by atoms with van der Waals surface area (Å²) in [5.74, 6) is 0. The molecule has 5 nitrogen and oxygen atoms in total. The Morgan fingerprint density at radius 2 is 1.62 bits per heavy atom. The number of pyridine rings is 3. The fraction of sp³-hybridized carbons (Fsp3) is 0. The van der Waals surface area contributed by atoms with E-state index in [0.717, 1.165) is 38.7 Å². The lowest BCUT2D eigenvalue weighted by atomic mass is 9.96. The lowest BCUT2D eigenvalue weighted by Gasteiger charge is -2.12. The van der Waals surface area contributed by atoms with Gasteiger partial charge in [0.15, 0.2) is 0 Å². The van der Waals surface area contributed by atoms with Crippen molar-refractivity contribution in [3.63, 3.8) is 0 Å². The first-order valence-electron chi connectivity index (χ1n) is 10.1. The molecule has 0 spiro atoms. The second-order valence-electron chi connectivity index (χ2n) is 7.45. The molecule has 0 radical (unpaired) electrons. The Labute approximate surface area is 187 Å². The minimum absolute atomic E-state index is 0.191. The topological polar surface area (TPSA) is 71.5 Å². The molecule has 6 aromatic rings. The van der Waals surface area contributed by atoms with Gasteiger partial charge in [0.1, 0.15) is 10.7 Å². The number of aromatic nitrogens is 4. The lowest BCUT2D eigenvalue weighted by molar-refractivity contribution is 1.23. The Bertz CT molecular complexity index is 1640. The third-order valence-corrected chi connectivity index (χ3v) is 6.26. The van der Waals surface area contributed by atoms with Crippen LogP contribution in [0.15, 0.2) is 95.4 Å². The zero-order valence-electron chi connectivity index (χ0n) is 16.8. The zero-order chi connectivity index (χ0) is 21.5. The fourth-order valence-electron chi connectivity index (χ4n) is 3.93. The van der Waals surface area contributed by atoms with E-state index in [2.05, 4.69) is 39.2 Å². The molecule has 0 aliphatic carbocycles. The number of hydrogen-bond donors (Lipinski definition) is 1. The lowest BCUT2D eigenvalue weighted by Crippen LogP contribution is -2.09. The maximum atomic E-state index is 12.7.